The van der Waals surface area contributed by atoms with Crippen LogP contribution in [0.15, 0.2) is 54.6 Å². The molecule has 0 aliphatic carbocycles. The third-order valence-electron chi connectivity index (χ3n) is 4.10. The Morgan fingerprint density at radius 1 is 1.07 bits per heavy atom. The van der Waals surface area contributed by atoms with E-state index >= 15 is 0 Å². The number of carbonyl (C=O) groups is 2. The van der Waals surface area contributed by atoms with E-state index in [0.29, 0.717) is 23.4 Å². The number of benzene rings is 2. The SMILES string of the molecule is Cc1nc(NC(=O)c2ccc(OC(F)(F)F)cc2)sc1C(=O)CCc1ccccc1. The summed E-state index contributed by atoms with van der Waals surface area (Å²) in [5.41, 5.74) is 1.70. The number of ether oxygens (including phenoxy) is 1. The first-order chi connectivity index (χ1) is 14.2. The Morgan fingerprint density at radius 2 is 1.73 bits per heavy atom. The van der Waals surface area contributed by atoms with E-state index in [9.17, 15) is 22.8 Å². The Hall–Kier alpha value is -3.20. The fraction of sp³-hybridized carbons (Fsp3) is 0.190. The molecule has 0 radical (unpaired) electrons. The van der Waals surface area contributed by atoms with E-state index in [1.54, 1.807) is 6.92 Å². The lowest BCUT2D eigenvalue weighted by Gasteiger charge is -2.09. The summed E-state index contributed by atoms with van der Waals surface area (Å²) in [5.74, 6) is -1.04. The molecule has 0 aliphatic rings. The molecule has 0 spiro atoms. The van der Waals surface area contributed by atoms with Gasteiger partial charge >= 0.3 is 6.36 Å². The van der Waals surface area contributed by atoms with Crippen LogP contribution in [-0.4, -0.2) is 23.0 Å². The highest BCUT2D eigenvalue weighted by Gasteiger charge is 2.31. The maximum Gasteiger partial charge on any atom is 0.573 e. The predicted molar refractivity (Wildman–Crippen MR) is 107 cm³/mol. The Balaban J connectivity index is 1.62. The normalized spacial score (nSPS) is 11.2. The largest absolute Gasteiger partial charge is 0.573 e. The second kappa shape index (κ2) is 9.08. The summed E-state index contributed by atoms with van der Waals surface area (Å²) < 4.78 is 40.4. The molecule has 0 saturated heterocycles. The van der Waals surface area contributed by atoms with Crippen LogP contribution in [0.4, 0.5) is 18.3 Å². The van der Waals surface area contributed by atoms with Gasteiger partial charge < -0.3 is 4.74 Å². The van der Waals surface area contributed by atoms with E-state index < -0.39 is 18.0 Å². The molecule has 0 bridgehead atoms. The number of anilines is 1. The minimum Gasteiger partial charge on any atom is -0.406 e. The van der Waals surface area contributed by atoms with Gasteiger partial charge in [-0.3, -0.25) is 14.9 Å². The number of ketones is 1. The van der Waals surface area contributed by atoms with Crippen molar-refractivity contribution in [2.24, 2.45) is 0 Å². The zero-order valence-electron chi connectivity index (χ0n) is 15.8. The zero-order valence-corrected chi connectivity index (χ0v) is 16.6. The molecule has 5 nitrogen and oxygen atoms in total. The smallest absolute Gasteiger partial charge is 0.406 e. The summed E-state index contributed by atoms with van der Waals surface area (Å²) in [4.78, 5) is 29.5. The minimum atomic E-state index is -4.80. The van der Waals surface area contributed by atoms with Crippen molar-refractivity contribution in [2.45, 2.75) is 26.1 Å². The third kappa shape index (κ3) is 5.90. The average molecular weight is 434 g/mol. The number of nitrogens with one attached hydrogen (secondary N) is 1. The third-order valence-corrected chi connectivity index (χ3v) is 5.22. The van der Waals surface area contributed by atoms with Crippen molar-refractivity contribution in [2.75, 3.05) is 5.32 Å². The summed E-state index contributed by atoms with van der Waals surface area (Å²) >= 11 is 1.07. The van der Waals surface area contributed by atoms with Gasteiger partial charge in [0.1, 0.15) is 5.75 Å². The molecule has 2 aromatic carbocycles. The number of thiazole rings is 1. The number of aryl methyl sites for hydroxylation is 2. The number of nitrogens with zero attached hydrogens (tertiary/aromatic N) is 1. The molecule has 3 aromatic rings. The number of aromatic nitrogens is 1. The Bertz CT molecular complexity index is 1030. The highest BCUT2D eigenvalue weighted by molar-refractivity contribution is 7.17. The molecule has 0 aliphatic heterocycles. The molecular weight excluding hydrogens is 417 g/mol. The van der Waals surface area contributed by atoms with Gasteiger partial charge in [-0.25, -0.2) is 4.98 Å². The topological polar surface area (TPSA) is 68.3 Å². The van der Waals surface area contributed by atoms with Gasteiger partial charge in [-0.1, -0.05) is 41.7 Å². The second-order valence-corrected chi connectivity index (χ2v) is 7.37. The predicted octanol–water partition coefficient (Wildman–Crippen LogP) is 5.42. The van der Waals surface area contributed by atoms with E-state index in [-0.39, 0.29) is 16.5 Å². The van der Waals surface area contributed by atoms with E-state index in [1.165, 1.54) is 12.1 Å². The van der Waals surface area contributed by atoms with Gasteiger partial charge in [-0.2, -0.15) is 0 Å². The van der Waals surface area contributed by atoms with Crippen molar-refractivity contribution < 1.29 is 27.5 Å². The van der Waals surface area contributed by atoms with Crippen LogP contribution < -0.4 is 10.1 Å². The average Bonchev–Trinajstić information content (AvgIpc) is 3.06. The number of amides is 1. The molecule has 1 heterocycles. The zero-order chi connectivity index (χ0) is 21.7. The fourth-order valence-electron chi connectivity index (χ4n) is 2.70. The van der Waals surface area contributed by atoms with Crippen LogP contribution in [0, 0.1) is 6.92 Å². The number of rotatable bonds is 7. The lowest BCUT2D eigenvalue weighted by atomic mass is 10.1. The molecule has 0 saturated carbocycles. The Kier molecular flexibility index (Phi) is 6.51. The van der Waals surface area contributed by atoms with Crippen molar-refractivity contribution >= 4 is 28.2 Å². The van der Waals surface area contributed by atoms with Gasteiger partial charge in [0.15, 0.2) is 10.9 Å². The number of hydrogen-bond acceptors (Lipinski definition) is 5. The fourth-order valence-corrected chi connectivity index (χ4v) is 3.63. The standard InChI is InChI=1S/C21H17F3N2O3S/c1-13-18(17(27)12-7-14-5-3-2-4-6-14)30-20(25-13)26-19(28)15-8-10-16(11-9-15)29-21(22,23)24/h2-6,8-11H,7,12H2,1H3,(H,25,26,28). The summed E-state index contributed by atoms with van der Waals surface area (Å²) in [6.07, 6.45) is -3.88. The summed E-state index contributed by atoms with van der Waals surface area (Å²) in [6, 6.07) is 14.1. The summed E-state index contributed by atoms with van der Waals surface area (Å²) in [7, 11) is 0. The highest BCUT2D eigenvalue weighted by atomic mass is 32.1. The molecule has 1 aromatic heterocycles. The molecular formula is C21H17F3N2O3S. The lowest BCUT2D eigenvalue weighted by molar-refractivity contribution is -0.274. The first kappa shape index (κ1) is 21.5. The lowest BCUT2D eigenvalue weighted by Crippen LogP contribution is -2.17. The van der Waals surface area contributed by atoms with Crippen LogP contribution >= 0.6 is 11.3 Å². The number of carbonyl (C=O) groups excluding carboxylic acids is 2. The molecule has 1 amide bonds. The van der Waals surface area contributed by atoms with E-state index in [1.807, 2.05) is 30.3 Å². The molecule has 3 rings (SSSR count). The van der Waals surface area contributed by atoms with Crippen molar-refractivity contribution in [3.8, 4) is 5.75 Å². The van der Waals surface area contributed by atoms with E-state index in [4.69, 9.17) is 0 Å². The minimum absolute atomic E-state index is 0.0667. The molecule has 9 heteroatoms. The monoisotopic (exact) mass is 434 g/mol. The van der Waals surface area contributed by atoms with Crippen molar-refractivity contribution in [3.05, 3.63) is 76.3 Å². The number of Topliss-reactive ketones (excluding diaryl/α,β-unsaturated/α-hetero) is 1. The maximum atomic E-state index is 12.5. The maximum absolute atomic E-state index is 12.5. The van der Waals surface area contributed by atoms with Gasteiger partial charge in [-0.15, -0.1) is 13.2 Å². The second-order valence-electron chi connectivity index (χ2n) is 6.37. The van der Waals surface area contributed by atoms with Crippen LogP contribution in [0.3, 0.4) is 0 Å². The first-order valence-corrected chi connectivity index (χ1v) is 9.74. The highest BCUT2D eigenvalue weighted by Crippen LogP contribution is 2.26. The van der Waals surface area contributed by atoms with E-state index in [2.05, 4.69) is 15.0 Å². The van der Waals surface area contributed by atoms with E-state index in [0.717, 1.165) is 29.0 Å². The molecule has 0 fully saturated rings. The Labute approximate surface area is 174 Å². The Morgan fingerprint density at radius 3 is 2.37 bits per heavy atom. The van der Waals surface area contributed by atoms with Crippen LogP contribution in [0.25, 0.3) is 0 Å². The molecule has 1 N–H and O–H groups in total. The van der Waals surface area contributed by atoms with Crippen molar-refractivity contribution in [1.82, 2.24) is 4.98 Å². The summed E-state index contributed by atoms with van der Waals surface area (Å²) in [5, 5.41) is 2.82. The summed E-state index contributed by atoms with van der Waals surface area (Å²) in [6.45, 7) is 1.69. The molecule has 0 atom stereocenters. The van der Waals surface area contributed by atoms with Gasteiger partial charge in [0.05, 0.1) is 10.6 Å². The van der Waals surface area contributed by atoms with Crippen LogP contribution in [0.1, 0.15) is 37.7 Å². The molecule has 0 unspecified atom stereocenters. The number of alkyl halides is 3. The van der Waals surface area contributed by atoms with Crippen molar-refractivity contribution in [1.29, 1.82) is 0 Å². The molecule has 156 valence electrons. The van der Waals surface area contributed by atoms with Gasteiger partial charge in [0.2, 0.25) is 0 Å². The van der Waals surface area contributed by atoms with Gasteiger partial charge in [-0.05, 0) is 43.2 Å². The number of halogens is 3. The van der Waals surface area contributed by atoms with Crippen LogP contribution in [-0.2, 0) is 6.42 Å². The van der Waals surface area contributed by atoms with Crippen LogP contribution in [0.2, 0.25) is 0 Å². The number of hydrogen-bond donors (Lipinski definition) is 1. The van der Waals surface area contributed by atoms with Crippen molar-refractivity contribution in [3.63, 3.8) is 0 Å². The van der Waals surface area contributed by atoms with Crippen LogP contribution in [0.5, 0.6) is 5.75 Å². The van der Waals surface area contributed by atoms with Gasteiger partial charge in [0, 0.05) is 12.0 Å². The van der Waals surface area contributed by atoms with Gasteiger partial charge in [0.25, 0.3) is 5.91 Å². The molecule has 30 heavy (non-hydrogen) atoms. The quantitative estimate of drug-likeness (QED) is 0.505. The first-order valence-electron chi connectivity index (χ1n) is 8.93.